The highest BCUT2D eigenvalue weighted by Gasteiger charge is 2.23. The molecule has 13 nitrogen and oxygen atoms in total. The van der Waals surface area contributed by atoms with Gasteiger partial charge in [0.2, 0.25) is 11.8 Å². The third kappa shape index (κ3) is 9.09. The average Bonchev–Trinajstić information content (AvgIpc) is 2.75. The minimum atomic E-state index is -1.31. The highest BCUT2D eigenvalue weighted by molar-refractivity contribution is 7.80. The molecule has 0 radical (unpaired) electrons. The van der Waals surface area contributed by atoms with Crippen molar-refractivity contribution >= 4 is 47.9 Å². The summed E-state index contributed by atoms with van der Waals surface area (Å²) < 4.78 is 0. The molecule has 0 aliphatic carbocycles. The quantitative estimate of drug-likeness (QED) is 0.0865. The molecule has 0 fully saturated rings. The summed E-state index contributed by atoms with van der Waals surface area (Å²) in [5, 5.41) is 35.4. The van der Waals surface area contributed by atoms with Gasteiger partial charge in [-0.15, -0.1) is 0 Å². The van der Waals surface area contributed by atoms with Gasteiger partial charge in [-0.25, -0.2) is 0 Å². The van der Waals surface area contributed by atoms with Gasteiger partial charge in [0.15, 0.2) is 5.78 Å². The number of thiol groups is 1. The molecule has 0 spiro atoms. The van der Waals surface area contributed by atoms with Crippen LogP contribution in [0.1, 0.15) is 23.2 Å². The van der Waals surface area contributed by atoms with Crippen LogP contribution in [-0.2, 0) is 19.2 Å². The number of hydrogen-bond acceptors (Lipinski definition) is 9. The van der Waals surface area contributed by atoms with Crippen molar-refractivity contribution in [2.45, 2.75) is 24.9 Å². The van der Waals surface area contributed by atoms with Crippen molar-refractivity contribution in [2.75, 3.05) is 18.8 Å². The number of carboxylic acid groups (broad SMARTS) is 2. The van der Waals surface area contributed by atoms with E-state index in [1.54, 1.807) is 0 Å². The van der Waals surface area contributed by atoms with Gasteiger partial charge < -0.3 is 20.8 Å². The molecule has 0 saturated carbocycles. The SMILES string of the molecule is O=C(O)CNC(=O)[C@H](CS)NC(=O)CC[C@H](NCC(=O)c1ccc([N+](=O)[O-])cc1)C(=O)O. The van der Waals surface area contributed by atoms with Gasteiger partial charge in [0, 0.05) is 29.9 Å². The Morgan fingerprint density at radius 1 is 1.03 bits per heavy atom. The number of carbonyl (C=O) groups is 5. The Morgan fingerprint density at radius 3 is 2.16 bits per heavy atom. The van der Waals surface area contributed by atoms with E-state index in [1.807, 2.05) is 0 Å². The standard InChI is InChI=1S/C18H22N4O9S/c23-14(10-1-3-11(4-2-10)22(30)31)7-19-12(18(28)29)5-6-15(24)21-13(9-32)17(27)20-8-16(25)26/h1-4,12-13,19,32H,5-9H2,(H,20,27)(H,21,24)(H,25,26)(H,28,29)/t12-,13-/m0/s1. The number of carbonyl (C=O) groups excluding carboxylic acids is 3. The fourth-order valence-corrected chi connectivity index (χ4v) is 2.68. The summed E-state index contributed by atoms with van der Waals surface area (Å²) >= 11 is 3.92. The van der Waals surface area contributed by atoms with Crippen LogP contribution in [0.3, 0.4) is 0 Å². The Labute approximate surface area is 187 Å². The van der Waals surface area contributed by atoms with Crippen molar-refractivity contribution in [1.82, 2.24) is 16.0 Å². The topological polar surface area (TPSA) is 205 Å². The van der Waals surface area contributed by atoms with E-state index in [2.05, 4.69) is 28.6 Å². The second-order valence-corrected chi connectivity index (χ2v) is 6.82. The molecule has 5 N–H and O–H groups in total. The largest absolute Gasteiger partial charge is 0.480 e. The monoisotopic (exact) mass is 470 g/mol. The number of aliphatic carboxylic acids is 2. The molecule has 32 heavy (non-hydrogen) atoms. The molecule has 1 aromatic carbocycles. The summed E-state index contributed by atoms with van der Waals surface area (Å²) in [6, 6.07) is 2.44. The van der Waals surface area contributed by atoms with Crippen LogP contribution in [0.4, 0.5) is 5.69 Å². The summed E-state index contributed by atoms with van der Waals surface area (Å²) in [6.07, 6.45) is -0.503. The molecule has 1 aromatic rings. The van der Waals surface area contributed by atoms with E-state index in [0.717, 1.165) is 12.1 Å². The highest BCUT2D eigenvalue weighted by Crippen LogP contribution is 2.12. The zero-order chi connectivity index (χ0) is 24.3. The van der Waals surface area contributed by atoms with Crippen molar-refractivity contribution in [1.29, 1.82) is 0 Å². The maximum absolute atomic E-state index is 12.2. The van der Waals surface area contributed by atoms with Crippen LogP contribution in [0.15, 0.2) is 24.3 Å². The van der Waals surface area contributed by atoms with Gasteiger partial charge in [0.25, 0.3) is 5.69 Å². The zero-order valence-corrected chi connectivity index (χ0v) is 17.5. The number of amides is 2. The van der Waals surface area contributed by atoms with Crippen molar-refractivity contribution in [2.24, 2.45) is 0 Å². The lowest BCUT2D eigenvalue weighted by molar-refractivity contribution is -0.384. The van der Waals surface area contributed by atoms with Crippen LogP contribution in [0.2, 0.25) is 0 Å². The van der Waals surface area contributed by atoms with Crippen LogP contribution in [0, 0.1) is 10.1 Å². The van der Waals surface area contributed by atoms with E-state index >= 15 is 0 Å². The predicted octanol–water partition coefficient (Wildman–Crippen LogP) is -0.784. The molecule has 2 atom stereocenters. The number of nitro groups is 1. The molecule has 0 aliphatic heterocycles. The Morgan fingerprint density at radius 2 is 1.66 bits per heavy atom. The van der Waals surface area contributed by atoms with Gasteiger partial charge in [-0.3, -0.25) is 39.4 Å². The smallest absolute Gasteiger partial charge is 0.322 e. The molecular formula is C18H22N4O9S. The van der Waals surface area contributed by atoms with Crippen molar-refractivity contribution in [3.05, 3.63) is 39.9 Å². The van der Waals surface area contributed by atoms with Crippen molar-refractivity contribution < 1.29 is 39.1 Å². The van der Waals surface area contributed by atoms with Gasteiger partial charge in [-0.2, -0.15) is 12.6 Å². The highest BCUT2D eigenvalue weighted by atomic mass is 32.1. The summed E-state index contributed by atoms with van der Waals surface area (Å²) in [5.41, 5.74) is -0.0472. The minimum absolute atomic E-state index is 0.110. The maximum atomic E-state index is 12.2. The normalized spacial score (nSPS) is 12.3. The summed E-state index contributed by atoms with van der Waals surface area (Å²) in [7, 11) is 0. The van der Waals surface area contributed by atoms with Gasteiger partial charge >= 0.3 is 11.9 Å². The summed E-state index contributed by atoms with van der Waals surface area (Å²) in [4.78, 5) is 67.9. The number of nitro benzene ring substituents is 1. The Hall–Kier alpha value is -3.52. The lowest BCUT2D eigenvalue weighted by Gasteiger charge is -2.17. The lowest BCUT2D eigenvalue weighted by Crippen LogP contribution is -2.49. The first-order chi connectivity index (χ1) is 15.0. The van der Waals surface area contributed by atoms with Gasteiger partial charge in [0.1, 0.15) is 18.6 Å². The molecule has 2 amide bonds. The van der Waals surface area contributed by atoms with Crippen LogP contribution in [-0.4, -0.2) is 75.6 Å². The molecule has 1 rings (SSSR count). The fourth-order valence-electron chi connectivity index (χ4n) is 2.42. The summed E-state index contributed by atoms with van der Waals surface area (Å²) in [5.74, 6) is -4.59. The van der Waals surface area contributed by atoms with E-state index in [0.29, 0.717) is 0 Å². The first-order valence-electron chi connectivity index (χ1n) is 9.18. The number of nitrogens with one attached hydrogen (secondary N) is 3. The average molecular weight is 470 g/mol. The number of benzene rings is 1. The van der Waals surface area contributed by atoms with E-state index < -0.39 is 53.1 Å². The van der Waals surface area contributed by atoms with Gasteiger partial charge in [0.05, 0.1) is 11.5 Å². The van der Waals surface area contributed by atoms with Gasteiger partial charge in [-0.1, -0.05) is 0 Å². The van der Waals surface area contributed by atoms with Crippen LogP contribution >= 0.6 is 12.6 Å². The number of ketones is 1. The fraction of sp³-hybridized carbons (Fsp3) is 0.389. The number of hydrogen-bond donors (Lipinski definition) is 6. The van der Waals surface area contributed by atoms with Crippen LogP contribution in [0.25, 0.3) is 0 Å². The van der Waals surface area contributed by atoms with E-state index in [-0.39, 0.29) is 36.4 Å². The first-order valence-corrected chi connectivity index (χ1v) is 9.82. The molecule has 0 bridgehead atoms. The number of non-ortho nitro benzene ring substituents is 1. The molecule has 0 heterocycles. The molecule has 174 valence electrons. The Bertz CT molecular complexity index is 876. The van der Waals surface area contributed by atoms with Gasteiger partial charge in [-0.05, 0) is 18.6 Å². The molecule has 0 aliphatic rings. The molecular weight excluding hydrogens is 448 g/mol. The Kier molecular flexibility index (Phi) is 10.8. The van der Waals surface area contributed by atoms with E-state index in [9.17, 15) is 39.2 Å². The molecule has 14 heteroatoms. The lowest BCUT2D eigenvalue weighted by atomic mass is 10.1. The second kappa shape index (κ2) is 13.0. The number of Topliss-reactive ketones (excluding diaryl/α,β-unsaturated/α-hetero) is 1. The van der Waals surface area contributed by atoms with Crippen molar-refractivity contribution in [3.63, 3.8) is 0 Å². The maximum Gasteiger partial charge on any atom is 0.322 e. The second-order valence-electron chi connectivity index (χ2n) is 6.45. The number of nitrogens with zero attached hydrogens (tertiary/aromatic N) is 1. The van der Waals surface area contributed by atoms with E-state index in [1.165, 1.54) is 12.1 Å². The third-order valence-electron chi connectivity index (χ3n) is 4.12. The molecule has 0 aromatic heterocycles. The Balaban J connectivity index is 2.56. The van der Waals surface area contributed by atoms with Crippen LogP contribution in [0.5, 0.6) is 0 Å². The number of rotatable bonds is 14. The van der Waals surface area contributed by atoms with Crippen LogP contribution < -0.4 is 16.0 Å². The predicted molar refractivity (Wildman–Crippen MR) is 113 cm³/mol. The number of carboxylic acids is 2. The molecule has 0 saturated heterocycles. The first kappa shape index (κ1) is 26.5. The third-order valence-corrected chi connectivity index (χ3v) is 4.48. The zero-order valence-electron chi connectivity index (χ0n) is 16.6. The minimum Gasteiger partial charge on any atom is -0.480 e. The molecule has 0 unspecified atom stereocenters. The summed E-state index contributed by atoms with van der Waals surface area (Å²) in [6.45, 7) is -1.01. The van der Waals surface area contributed by atoms with Crippen molar-refractivity contribution in [3.8, 4) is 0 Å². The van der Waals surface area contributed by atoms with E-state index in [4.69, 9.17) is 5.11 Å².